The number of fused-ring (bicyclic) bond motifs is 12. The van der Waals surface area contributed by atoms with E-state index in [1.807, 2.05) is 115 Å². The third-order valence-electron chi connectivity index (χ3n) is 11.9. The zero-order valence-corrected chi connectivity index (χ0v) is 34.0. The van der Waals surface area contributed by atoms with E-state index in [4.69, 9.17) is 27.5 Å². The molecule has 302 valence electrons. The van der Waals surface area contributed by atoms with E-state index in [9.17, 15) is 15.8 Å². The zero-order valence-electron chi connectivity index (χ0n) is 34.0. The summed E-state index contributed by atoms with van der Waals surface area (Å²) in [7, 11) is 0. The molecule has 6 aromatic heterocycles. The number of para-hydroxylation sites is 2. The van der Waals surface area contributed by atoms with E-state index in [0.29, 0.717) is 55.3 Å². The van der Waals surface area contributed by atoms with Crippen molar-refractivity contribution in [2.75, 3.05) is 0 Å². The first-order valence-electron chi connectivity index (χ1n) is 20.6. The van der Waals surface area contributed by atoms with Gasteiger partial charge in [0.15, 0.2) is 11.3 Å². The lowest BCUT2D eigenvalue weighted by atomic mass is 9.94. The van der Waals surface area contributed by atoms with Crippen LogP contribution in [0.25, 0.3) is 126 Å². The van der Waals surface area contributed by atoms with Crippen molar-refractivity contribution < 1.29 is 17.7 Å². The van der Waals surface area contributed by atoms with Crippen molar-refractivity contribution in [3.05, 3.63) is 167 Å². The molecule has 12 heteroatoms. The third-order valence-corrected chi connectivity index (χ3v) is 11.9. The Labute approximate surface area is 370 Å². The number of nitriles is 3. The Kier molecular flexibility index (Phi) is 7.71. The minimum absolute atomic E-state index is 0.0585. The van der Waals surface area contributed by atoms with Crippen molar-refractivity contribution in [1.29, 1.82) is 15.8 Å². The molecule has 0 unspecified atom stereocenters. The minimum Gasteiger partial charge on any atom is -0.456 e. The number of hydrogen-bond acceptors (Lipinski definition) is 11. The van der Waals surface area contributed by atoms with Gasteiger partial charge in [0.2, 0.25) is 28.6 Å². The van der Waals surface area contributed by atoms with E-state index in [2.05, 4.69) is 63.5 Å². The summed E-state index contributed by atoms with van der Waals surface area (Å²) in [6.07, 6.45) is 0. The van der Waals surface area contributed by atoms with Crippen molar-refractivity contribution in [2.24, 2.45) is 0 Å². The highest BCUT2D eigenvalue weighted by molar-refractivity contribution is 6.18. The fourth-order valence-corrected chi connectivity index (χ4v) is 9.02. The molecule has 66 heavy (non-hydrogen) atoms. The smallest absolute Gasteiger partial charge is 0.383 e. The molecule has 0 aliphatic carbocycles. The maximum Gasteiger partial charge on any atom is 0.383 e. The lowest BCUT2D eigenvalue weighted by molar-refractivity contribution is 0.651. The number of benzene rings is 7. The summed E-state index contributed by atoms with van der Waals surface area (Å²) in [5.74, 6) is -0.193. The Balaban J connectivity index is 0.962. The molecule has 13 aromatic rings. The van der Waals surface area contributed by atoms with Crippen LogP contribution in [0.1, 0.15) is 23.0 Å². The summed E-state index contributed by atoms with van der Waals surface area (Å²) in [5.41, 5.74) is 10.9. The number of nitrogens with zero attached hydrogens (tertiary/aromatic N) is 8. The van der Waals surface area contributed by atoms with Crippen molar-refractivity contribution in [2.45, 2.75) is 0 Å². The van der Waals surface area contributed by atoms with E-state index in [1.54, 1.807) is 0 Å². The monoisotopic (exact) mass is 847 g/mol. The molecular formula is C54H23N8O4+. The molecule has 0 fully saturated rings. The molecule has 0 N–H and O–H groups in total. The van der Waals surface area contributed by atoms with Crippen molar-refractivity contribution in [3.8, 4) is 57.7 Å². The molecule has 0 atom stereocenters. The topological polar surface area (TPSA) is 180 Å². The van der Waals surface area contributed by atoms with Gasteiger partial charge in [-0.1, -0.05) is 78.9 Å². The van der Waals surface area contributed by atoms with Crippen LogP contribution in [0.2, 0.25) is 0 Å². The minimum atomic E-state index is -0.135. The summed E-state index contributed by atoms with van der Waals surface area (Å²) in [4.78, 5) is 22.3. The molecule has 0 bridgehead atoms. The molecule has 0 aliphatic heterocycles. The highest BCUT2D eigenvalue weighted by Crippen LogP contribution is 2.44. The van der Waals surface area contributed by atoms with Crippen LogP contribution >= 0.6 is 0 Å². The van der Waals surface area contributed by atoms with Gasteiger partial charge in [-0.2, -0.15) is 25.8 Å². The molecule has 13 rings (SSSR count). The van der Waals surface area contributed by atoms with Gasteiger partial charge in [0.25, 0.3) is 0 Å². The molecule has 0 spiro atoms. The highest BCUT2D eigenvalue weighted by atomic mass is 16.3. The van der Waals surface area contributed by atoms with Gasteiger partial charge in [-0.25, -0.2) is 9.97 Å². The Morgan fingerprint density at radius 3 is 1.94 bits per heavy atom. The van der Waals surface area contributed by atoms with Gasteiger partial charge in [0, 0.05) is 43.9 Å². The van der Waals surface area contributed by atoms with Crippen molar-refractivity contribution in [3.63, 3.8) is 0 Å². The first-order valence-corrected chi connectivity index (χ1v) is 20.6. The van der Waals surface area contributed by atoms with Gasteiger partial charge in [0.05, 0.1) is 5.39 Å². The normalized spacial score (nSPS) is 11.5. The van der Waals surface area contributed by atoms with Gasteiger partial charge >= 0.3 is 11.8 Å². The second kappa shape index (κ2) is 13.9. The molecule has 7 aromatic carbocycles. The van der Waals surface area contributed by atoms with E-state index < -0.39 is 0 Å². The van der Waals surface area contributed by atoms with E-state index in [0.717, 1.165) is 66.1 Å². The van der Waals surface area contributed by atoms with Gasteiger partial charge in [0.1, 0.15) is 51.6 Å². The number of furan rings is 4. The van der Waals surface area contributed by atoms with Crippen LogP contribution in [0.3, 0.4) is 0 Å². The first-order chi connectivity index (χ1) is 32.5. The highest BCUT2D eigenvalue weighted by Gasteiger charge is 2.25. The molecule has 0 saturated carbocycles. The Morgan fingerprint density at radius 2 is 1.11 bits per heavy atom. The average molecular weight is 848 g/mol. The molecule has 12 nitrogen and oxygen atoms in total. The molecule has 6 heterocycles. The number of aromatic nitrogens is 4. The maximum absolute atomic E-state index is 10.2. The van der Waals surface area contributed by atoms with Crippen LogP contribution in [-0.4, -0.2) is 19.9 Å². The fraction of sp³-hybridized carbons (Fsp3) is 0. The molecule has 0 amide bonds. The molecule has 0 saturated heterocycles. The Bertz CT molecular complexity index is 4470. The van der Waals surface area contributed by atoms with E-state index in [-0.39, 0.29) is 28.8 Å². The summed E-state index contributed by atoms with van der Waals surface area (Å²) in [6.45, 7) is 0. The fourth-order valence-electron chi connectivity index (χ4n) is 9.02. The largest absolute Gasteiger partial charge is 0.456 e. The van der Waals surface area contributed by atoms with E-state index in [1.165, 1.54) is 0 Å². The molecule has 0 aliphatic rings. The van der Waals surface area contributed by atoms with Gasteiger partial charge in [-0.3, -0.25) is 0 Å². The quantitative estimate of drug-likeness (QED) is 0.165. The van der Waals surface area contributed by atoms with Gasteiger partial charge < -0.3 is 17.7 Å². The summed E-state index contributed by atoms with van der Waals surface area (Å²) >= 11 is 0. The average Bonchev–Trinajstić information content (AvgIpc) is 4.15. The summed E-state index contributed by atoms with van der Waals surface area (Å²) in [6, 6.07) is 54.6. The summed E-state index contributed by atoms with van der Waals surface area (Å²) in [5, 5.41) is 34.8. The standard InChI is InChI=1S/C54H23N8O4/c55-24-40-49-37-21-30(17-19-44(37)65-54(49)62-47(26-57)59-40)29-16-18-43-35(20-29)33-12-6-13-39(52(33)64-43)58-27-41-53-50(61-46(25-56)60-41)38-23-31(28-8-2-1-3-9-28)22-36(51(38)66-53)32-11-7-15-45-48(32)34-10-4-5-14-42(34)63-45/h1-23H/q+1. The lowest BCUT2D eigenvalue weighted by Gasteiger charge is -2.09. The van der Waals surface area contributed by atoms with E-state index >= 15 is 0 Å². The molecule has 0 radical (unpaired) electrons. The van der Waals surface area contributed by atoms with Crippen LogP contribution < -0.4 is 0 Å². The Morgan fingerprint density at radius 1 is 0.409 bits per heavy atom. The van der Waals surface area contributed by atoms with Gasteiger partial charge in [-0.05, 0) is 87.3 Å². The predicted molar refractivity (Wildman–Crippen MR) is 250 cm³/mol. The molecular weight excluding hydrogens is 825 g/mol. The first kappa shape index (κ1) is 36.5. The zero-order chi connectivity index (χ0) is 44.0. The maximum atomic E-state index is 10.2. The van der Waals surface area contributed by atoms with Crippen LogP contribution in [0.5, 0.6) is 0 Å². The van der Waals surface area contributed by atoms with Crippen molar-refractivity contribution in [1.82, 2.24) is 19.9 Å². The second-order valence-electron chi connectivity index (χ2n) is 15.6. The lowest BCUT2D eigenvalue weighted by Crippen LogP contribution is -1.93. The number of rotatable bonds is 3. The second-order valence-corrected chi connectivity index (χ2v) is 15.6. The van der Waals surface area contributed by atoms with Crippen LogP contribution in [-0.2, 0) is 0 Å². The van der Waals surface area contributed by atoms with Crippen LogP contribution in [0.4, 0.5) is 5.69 Å². The third kappa shape index (κ3) is 5.47. The van der Waals surface area contributed by atoms with Crippen LogP contribution in [0, 0.1) is 40.1 Å². The summed E-state index contributed by atoms with van der Waals surface area (Å²) < 4.78 is 25.4. The van der Waals surface area contributed by atoms with Crippen molar-refractivity contribution >= 4 is 93.7 Å². The Hall–Kier alpha value is -10.1. The number of hydrogen-bond donors (Lipinski definition) is 0. The van der Waals surface area contributed by atoms with Gasteiger partial charge in [-0.15, -0.1) is 0 Å². The SMILES string of the molecule is N#Cc1nc(C#N)c2c(n1)oc1ccc(-c3ccc4oc5c([N+]#Cc6nc(C#N)nc7c6oc6c(-c8cccc9oc%10ccccc%10c89)cc(-c8ccccc8)cc67)cccc5c4c3)cc12. The van der Waals surface area contributed by atoms with Crippen LogP contribution in [0.15, 0.2) is 157 Å². The predicted octanol–water partition coefficient (Wildman–Crippen LogP) is 13.5.